The van der Waals surface area contributed by atoms with Crippen molar-refractivity contribution in [3.63, 3.8) is 0 Å². The first-order chi connectivity index (χ1) is 8.46. The summed E-state index contributed by atoms with van der Waals surface area (Å²) in [5.74, 6) is 0.448. The SMILES string of the molecule is CN(C)C(CNS(=O)(=O)CCCCl)c1cccs1. The molecule has 1 N–H and O–H groups in total. The quantitative estimate of drug-likeness (QED) is 0.746. The van der Waals surface area contributed by atoms with Crippen LogP contribution in [0.1, 0.15) is 17.3 Å². The number of nitrogens with one attached hydrogen (secondary N) is 1. The first kappa shape index (κ1) is 15.9. The zero-order valence-electron chi connectivity index (χ0n) is 10.6. The van der Waals surface area contributed by atoms with Gasteiger partial charge in [-0.25, -0.2) is 13.1 Å². The van der Waals surface area contributed by atoms with Gasteiger partial charge in [0.05, 0.1) is 11.8 Å². The summed E-state index contributed by atoms with van der Waals surface area (Å²) in [4.78, 5) is 3.16. The zero-order chi connectivity index (χ0) is 13.6. The van der Waals surface area contributed by atoms with Crippen LogP contribution in [0, 0.1) is 0 Å². The lowest BCUT2D eigenvalue weighted by atomic mass is 10.2. The van der Waals surface area contributed by atoms with E-state index in [9.17, 15) is 8.42 Å². The molecule has 1 atom stereocenters. The van der Waals surface area contributed by atoms with E-state index in [2.05, 4.69) is 4.72 Å². The number of thiophene rings is 1. The van der Waals surface area contributed by atoms with Crippen LogP contribution in [0.15, 0.2) is 17.5 Å². The molecule has 104 valence electrons. The Bertz CT molecular complexity index is 432. The Morgan fingerprint density at radius 2 is 2.22 bits per heavy atom. The molecule has 18 heavy (non-hydrogen) atoms. The van der Waals surface area contributed by atoms with Crippen molar-refractivity contribution in [3.8, 4) is 0 Å². The van der Waals surface area contributed by atoms with Crippen LogP contribution >= 0.6 is 22.9 Å². The van der Waals surface area contributed by atoms with Gasteiger partial charge >= 0.3 is 0 Å². The normalized spacial score (nSPS) is 14.0. The lowest BCUT2D eigenvalue weighted by Crippen LogP contribution is -2.35. The molecule has 0 bridgehead atoms. The van der Waals surface area contributed by atoms with Crippen LogP contribution in [0.5, 0.6) is 0 Å². The number of hydrogen-bond donors (Lipinski definition) is 1. The van der Waals surface area contributed by atoms with Crippen molar-refractivity contribution in [2.45, 2.75) is 12.5 Å². The fourth-order valence-corrected chi connectivity index (χ4v) is 3.84. The molecule has 0 saturated carbocycles. The molecule has 0 amide bonds. The molecule has 0 aliphatic heterocycles. The second kappa shape index (κ2) is 7.45. The van der Waals surface area contributed by atoms with E-state index in [-0.39, 0.29) is 11.8 Å². The molecule has 0 aromatic carbocycles. The van der Waals surface area contributed by atoms with Crippen molar-refractivity contribution in [2.75, 3.05) is 32.3 Å². The van der Waals surface area contributed by atoms with E-state index in [0.717, 1.165) is 4.88 Å². The van der Waals surface area contributed by atoms with Gasteiger partial charge in [0.2, 0.25) is 10.0 Å². The summed E-state index contributed by atoms with van der Waals surface area (Å²) in [6, 6.07) is 4.05. The van der Waals surface area contributed by atoms with Gasteiger partial charge in [0, 0.05) is 17.3 Å². The molecule has 1 aromatic rings. The van der Waals surface area contributed by atoms with Gasteiger partial charge in [-0.1, -0.05) is 6.07 Å². The Morgan fingerprint density at radius 3 is 2.72 bits per heavy atom. The number of rotatable bonds is 8. The van der Waals surface area contributed by atoms with Gasteiger partial charge in [-0.3, -0.25) is 0 Å². The summed E-state index contributed by atoms with van der Waals surface area (Å²) in [7, 11) is 0.664. The molecule has 1 heterocycles. The largest absolute Gasteiger partial charge is 0.300 e. The van der Waals surface area contributed by atoms with E-state index < -0.39 is 10.0 Å². The molecule has 0 radical (unpaired) electrons. The average molecular weight is 311 g/mol. The van der Waals surface area contributed by atoms with Gasteiger partial charge in [-0.15, -0.1) is 22.9 Å². The van der Waals surface area contributed by atoms with E-state index in [4.69, 9.17) is 11.6 Å². The van der Waals surface area contributed by atoms with Crippen molar-refractivity contribution in [3.05, 3.63) is 22.4 Å². The smallest absolute Gasteiger partial charge is 0.211 e. The predicted octanol–water partition coefficient (Wildman–Crippen LogP) is 1.90. The monoisotopic (exact) mass is 310 g/mol. The molecule has 7 heteroatoms. The van der Waals surface area contributed by atoms with Gasteiger partial charge in [0.15, 0.2) is 0 Å². The summed E-state index contributed by atoms with van der Waals surface area (Å²) < 4.78 is 26.0. The Kier molecular flexibility index (Phi) is 6.59. The fraction of sp³-hybridized carbons (Fsp3) is 0.636. The maximum Gasteiger partial charge on any atom is 0.211 e. The third-order valence-corrected chi connectivity index (χ3v) is 5.21. The molecule has 1 rings (SSSR count). The van der Waals surface area contributed by atoms with Crippen LogP contribution in [-0.4, -0.2) is 45.6 Å². The number of sulfonamides is 1. The maximum absolute atomic E-state index is 11.7. The zero-order valence-corrected chi connectivity index (χ0v) is 13.0. The lowest BCUT2D eigenvalue weighted by Gasteiger charge is -2.23. The van der Waals surface area contributed by atoms with Gasteiger partial charge in [-0.05, 0) is 32.0 Å². The highest BCUT2D eigenvalue weighted by Gasteiger charge is 2.18. The van der Waals surface area contributed by atoms with Crippen LogP contribution in [0.4, 0.5) is 0 Å². The first-order valence-corrected chi connectivity index (χ1v) is 8.76. The van der Waals surface area contributed by atoms with Crippen molar-refractivity contribution in [2.24, 2.45) is 0 Å². The molecule has 0 saturated heterocycles. The fourth-order valence-electron chi connectivity index (χ4n) is 1.54. The highest BCUT2D eigenvalue weighted by molar-refractivity contribution is 7.89. The summed E-state index contributed by atoms with van der Waals surface area (Å²) in [5, 5.41) is 1.99. The molecule has 1 aromatic heterocycles. The number of nitrogens with zero attached hydrogens (tertiary/aromatic N) is 1. The van der Waals surface area contributed by atoms with Crippen molar-refractivity contribution in [1.82, 2.24) is 9.62 Å². The van der Waals surface area contributed by atoms with Crippen LogP contribution in [-0.2, 0) is 10.0 Å². The Labute approximate surface area is 118 Å². The summed E-state index contributed by atoms with van der Waals surface area (Å²) in [6.07, 6.45) is 0.475. The molecule has 1 unspecified atom stereocenters. The van der Waals surface area contributed by atoms with Crippen molar-refractivity contribution >= 4 is 33.0 Å². The minimum absolute atomic E-state index is 0.0655. The lowest BCUT2D eigenvalue weighted by molar-refractivity contribution is 0.303. The number of likely N-dealkylation sites (N-methyl/N-ethyl adjacent to an activating group) is 1. The van der Waals surface area contributed by atoms with Gasteiger partial charge in [0.1, 0.15) is 0 Å². The van der Waals surface area contributed by atoms with Crippen LogP contribution < -0.4 is 4.72 Å². The Balaban J connectivity index is 2.59. The number of halogens is 1. The molecular formula is C11H19ClN2O2S2. The highest BCUT2D eigenvalue weighted by atomic mass is 35.5. The highest BCUT2D eigenvalue weighted by Crippen LogP contribution is 2.22. The molecule has 0 aliphatic rings. The Morgan fingerprint density at radius 1 is 1.50 bits per heavy atom. The molecule has 4 nitrogen and oxygen atoms in total. The van der Waals surface area contributed by atoms with Gasteiger partial charge in [-0.2, -0.15) is 0 Å². The van der Waals surface area contributed by atoms with E-state index in [1.165, 1.54) is 0 Å². The summed E-state index contributed by atoms with van der Waals surface area (Å²) >= 11 is 7.13. The Hall–Kier alpha value is -0.140. The van der Waals surface area contributed by atoms with Crippen LogP contribution in [0.2, 0.25) is 0 Å². The van der Waals surface area contributed by atoms with Crippen LogP contribution in [0.25, 0.3) is 0 Å². The van der Waals surface area contributed by atoms with E-state index in [0.29, 0.717) is 18.8 Å². The molecule has 0 fully saturated rings. The topological polar surface area (TPSA) is 49.4 Å². The van der Waals surface area contributed by atoms with E-state index in [1.807, 2.05) is 36.5 Å². The average Bonchev–Trinajstić information content (AvgIpc) is 2.79. The number of alkyl halides is 1. The first-order valence-electron chi connectivity index (χ1n) is 5.69. The predicted molar refractivity (Wildman–Crippen MR) is 77.9 cm³/mol. The molecular weight excluding hydrogens is 292 g/mol. The van der Waals surface area contributed by atoms with Crippen LogP contribution in [0.3, 0.4) is 0 Å². The second-order valence-electron chi connectivity index (χ2n) is 4.20. The summed E-state index contributed by atoms with van der Waals surface area (Å²) in [5.41, 5.74) is 0. The minimum atomic E-state index is -3.22. The standard InChI is InChI=1S/C11H19ClN2O2S2/c1-14(2)10(11-5-3-7-17-11)9-13-18(15,16)8-4-6-12/h3,5,7,10,13H,4,6,8-9H2,1-2H3. The van der Waals surface area contributed by atoms with E-state index in [1.54, 1.807) is 11.3 Å². The summed E-state index contributed by atoms with van der Waals surface area (Å²) in [6.45, 7) is 0.387. The third-order valence-electron chi connectivity index (χ3n) is 2.54. The maximum atomic E-state index is 11.7. The van der Waals surface area contributed by atoms with E-state index >= 15 is 0 Å². The third kappa shape index (κ3) is 5.24. The molecule has 0 spiro atoms. The minimum Gasteiger partial charge on any atom is -0.300 e. The van der Waals surface area contributed by atoms with Crippen molar-refractivity contribution in [1.29, 1.82) is 0 Å². The van der Waals surface area contributed by atoms with Gasteiger partial charge < -0.3 is 4.90 Å². The van der Waals surface area contributed by atoms with Gasteiger partial charge in [0.25, 0.3) is 0 Å². The molecule has 0 aliphatic carbocycles. The number of hydrogen-bond acceptors (Lipinski definition) is 4. The van der Waals surface area contributed by atoms with Crippen molar-refractivity contribution < 1.29 is 8.42 Å². The second-order valence-corrected chi connectivity index (χ2v) is 7.49.